The first-order valence-corrected chi connectivity index (χ1v) is 7.93. The summed E-state index contributed by atoms with van der Waals surface area (Å²) >= 11 is 5.98. The number of unbranched alkanes of at least 4 members (excludes halogenated alkanes) is 1. The number of hydrogen-bond acceptors (Lipinski definition) is 3. The van der Waals surface area contributed by atoms with Crippen LogP contribution >= 0.6 is 11.6 Å². The number of aliphatic carboxylic acids is 1. The summed E-state index contributed by atoms with van der Waals surface area (Å²) in [5.41, 5.74) is 1.35. The van der Waals surface area contributed by atoms with Crippen LogP contribution in [0.5, 0.6) is 0 Å². The number of nitrogens with zero attached hydrogens (tertiary/aromatic N) is 1. The highest BCUT2D eigenvalue weighted by molar-refractivity contribution is 6.31. The molecule has 4 nitrogen and oxygen atoms in total. The number of rotatable bonds is 9. The van der Waals surface area contributed by atoms with Gasteiger partial charge < -0.3 is 10.0 Å². The molecule has 0 spiro atoms. The summed E-state index contributed by atoms with van der Waals surface area (Å²) in [5, 5.41) is 9.68. The van der Waals surface area contributed by atoms with Gasteiger partial charge in [0.15, 0.2) is 5.78 Å². The van der Waals surface area contributed by atoms with E-state index >= 15 is 0 Å². The third-order valence-corrected chi connectivity index (χ3v) is 4.08. The molecule has 0 fully saturated rings. The van der Waals surface area contributed by atoms with Gasteiger partial charge in [-0.15, -0.1) is 0 Å². The second-order valence-corrected chi connectivity index (χ2v) is 6.15. The Kier molecular flexibility index (Phi) is 7.56. The quantitative estimate of drug-likeness (QED) is 0.704. The summed E-state index contributed by atoms with van der Waals surface area (Å²) in [6, 6.07) is 5.08. The Morgan fingerprint density at radius 3 is 2.59 bits per heavy atom. The largest absolute Gasteiger partial charge is 0.481 e. The fraction of sp³-hybridized carbons (Fsp3) is 0.529. The summed E-state index contributed by atoms with van der Waals surface area (Å²) in [7, 11) is 1.92. The van der Waals surface area contributed by atoms with Crippen molar-refractivity contribution in [1.82, 2.24) is 4.90 Å². The van der Waals surface area contributed by atoms with Crippen LogP contribution < -0.4 is 0 Å². The molecule has 5 heteroatoms. The van der Waals surface area contributed by atoms with Gasteiger partial charge in [0, 0.05) is 23.0 Å². The first kappa shape index (κ1) is 18.7. The summed E-state index contributed by atoms with van der Waals surface area (Å²) in [5.74, 6) is -1.63. The van der Waals surface area contributed by atoms with Gasteiger partial charge in [-0.3, -0.25) is 9.59 Å². The number of aryl methyl sites for hydroxylation is 1. The monoisotopic (exact) mass is 325 g/mol. The molecule has 0 aromatic heterocycles. The van der Waals surface area contributed by atoms with Crippen molar-refractivity contribution in [3.8, 4) is 0 Å². The molecule has 1 aromatic rings. The Bertz CT molecular complexity index is 531. The summed E-state index contributed by atoms with van der Waals surface area (Å²) in [6.07, 6.45) is 1.94. The topological polar surface area (TPSA) is 57.6 Å². The van der Waals surface area contributed by atoms with Gasteiger partial charge >= 0.3 is 5.97 Å². The maximum Gasteiger partial charge on any atom is 0.304 e. The smallest absolute Gasteiger partial charge is 0.304 e. The van der Waals surface area contributed by atoms with Crippen molar-refractivity contribution in [2.24, 2.45) is 5.92 Å². The standard InChI is InChI=1S/C17H24ClNO3/c1-4-5-8-19(3)11-14(10-16(20)21)17(22)13-6-7-15(18)12(2)9-13/h6-7,9,14H,4-5,8,10-11H2,1-3H3,(H,20,21). The average molecular weight is 326 g/mol. The number of Topliss-reactive ketones (excluding diaryl/α,β-unsaturated/α-hetero) is 1. The molecule has 0 amide bonds. The zero-order valence-electron chi connectivity index (χ0n) is 13.4. The Morgan fingerprint density at radius 1 is 1.36 bits per heavy atom. The van der Waals surface area contributed by atoms with E-state index in [1.807, 2.05) is 18.9 Å². The van der Waals surface area contributed by atoms with E-state index in [2.05, 4.69) is 6.92 Å². The Balaban J connectivity index is 2.87. The van der Waals surface area contributed by atoms with Crippen LogP contribution in [-0.4, -0.2) is 41.9 Å². The maximum absolute atomic E-state index is 12.6. The van der Waals surface area contributed by atoms with Crippen LogP contribution in [0.15, 0.2) is 18.2 Å². The van der Waals surface area contributed by atoms with E-state index < -0.39 is 11.9 Å². The Morgan fingerprint density at radius 2 is 2.05 bits per heavy atom. The van der Waals surface area contributed by atoms with Gasteiger partial charge in [-0.05, 0) is 50.7 Å². The molecule has 0 radical (unpaired) electrons. The zero-order valence-corrected chi connectivity index (χ0v) is 14.2. The average Bonchev–Trinajstić information content (AvgIpc) is 2.46. The fourth-order valence-corrected chi connectivity index (χ4v) is 2.50. The van der Waals surface area contributed by atoms with Crippen molar-refractivity contribution in [3.63, 3.8) is 0 Å². The highest BCUT2D eigenvalue weighted by Crippen LogP contribution is 2.20. The Labute approximate surface area is 137 Å². The van der Waals surface area contributed by atoms with Crippen molar-refractivity contribution < 1.29 is 14.7 Å². The molecule has 0 heterocycles. The van der Waals surface area contributed by atoms with Crippen LogP contribution in [-0.2, 0) is 4.79 Å². The molecular formula is C17H24ClNO3. The first-order chi connectivity index (χ1) is 10.3. The molecular weight excluding hydrogens is 302 g/mol. The number of carboxylic acids is 1. The van der Waals surface area contributed by atoms with E-state index in [1.165, 1.54) is 0 Å². The van der Waals surface area contributed by atoms with E-state index in [-0.39, 0.29) is 12.2 Å². The van der Waals surface area contributed by atoms with Crippen molar-refractivity contribution in [3.05, 3.63) is 34.3 Å². The van der Waals surface area contributed by atoms with Gasteiger partial charge in [0.2, 0.25) is 0 Å². The number of carbonyl (C=O) groups excluding carboxylic acids is 1. The molecule has 1 N–H and O–H groups in total. The summed E-state index contributed by atoms with van der Waals surface area (Å²) < 4.78 is 0. The lowest BCUT2D eigenvalue weighted by Gasteiger charge is -2.22. The van der Waals surface area contributed by atoms with E-state index in [0.29, 0.717) is 17.1 Å². The molecule has 0 bridgehead atoms. The maximum atomic E-state index is 12.6. The zero-order chi connectivity index (χ0) is 16.7. The third-order valence-electron chi connectivity index (χ3n) is 3.66. The molecule has 0 aliphatic carbocycles. The molecule has 122 valence electrons. The normalized spacial score (nSPS) is 12.4. The van der Waals surface area contributed by atoms with Crippen LogP contribution in [0.25, 0.3) is 0 Å². The number of halogens is 1. The number of carbonyl (C=O) groups is 2. The molecule has 0 saturated carbocycles. The van der Waals surface area contributed by atoms with Gasteiger partial charge in [-0.1, -0.05) is 24.9 Å². The number of hydrogen-bond donors (Lipinski definition) is 1. The van der Waals surface area contributed by atoms with E-state index in [0.717, 1.165) is 24.9 Å². The molecule has 0 aliphatic heterocycles. The molecule has 0 saturated heterocycles. The minimum Gasteiger partial charge on any atom is -0.481 e. The highest BCUT2D eigenvalue weighted by Gasteiger charge is 2.24. The molecule has 0 aliphatic rings. The number of ketones is 1. The Hall–Kier alpha value is -1.39. The predicted molar refractivity (Wildman–Crippen MR) is 88.7 cm³/mol. The van der Waals surface area contributed by atoms with Crippen LogP contribution in [0.4, 0.5) is 0 Å². The first-order valence-electron chi connectivity index (χ1n) is 7.55. The van der Waals surface area contributed by atoms with Gasteiger partial charge in [-0.25, -0.2) is 0 Å². The predicted octanol–water partition coefficient (Wildman–Crippen LogP) is 3.65. The van der Waals surface area contributed by atoms with Crippen molar-refractivity contribution >= 4 is 23.4 Å². The summed E-state index contributed by atoms with van der Waals surface area (Å²) in [6.45, 7) is 5.25. The molecule has 1 aromatic carbocycles. The van der Waals surface area contributed by atoms with Gasteiger partial charge in [-0.2, -0.15) is 0 Å². The SMILES string of the molecule is CCCCN(C)CC(CC(=O)O)C(=O)c1ccc(Cl)c(C)c1. The molecule has 22 heavy (non-hydrogen) atoms. The van der Waals surface area contributed by atoms with Gasteiger partial charge in [0.25, 0.3) is 0 Å². The summed E-state index contributed by atoms with van der Waals surface area (Å²) in [4.78, 5) is 25.7. The van der Waals surface area contributed by atoms with E-state index in [1.54, 1.807) is 18.2 Å². The lowest BCUT2D eigenvalue weighted by atomic mass is 9.93. The lowest BCUT2D eigenvalue weighted by molar-refractivity contribution is -0.137. The molecule has 1 rings (SSSR count). The third kappa shape index (κ3) is 5.78. The van der Waals surface area contributed by atoms with Gasteiger partial charge in [0.1, 0.15) is 0 Å². The van der Waals surface area contributed by atoms with Crippen molar-refractivity contribution in [2.45, 2.75) is 33.1 Å². The number of carboxylic acid groups (broad SMARTS) is 1. The van der Waals surface area contributed by atoms with Gasteiger partial charge in [0.05, 0.1) is 6.42 Å². The minimum atomic E-state index is -0.951. The highest BCUT2D eigenvalue weighted by atomic mass is 35.5. The number of benzene rings is 1. The van der Waals surface area contributed by atoms with Crippen LogP contribution in [0.3, 0.4) is 0 Å². The fourth-order valence-electron chi connectivity index (χ4n) is 2.38. The van der Waals surface area contributed by atoms with Crippen LogP contribution in [0.2, 0.25) is 5.02 Å². The van der Waals surface area contributed by atoms with E-state index in [9.17, 15) is 9.59 Å². The second kappa shape index (κ2) is 8.91. The minimum absolute atomic E-state index is 0.134. The van der Waals surface area contributed by atoms with Crippen LogP contribution in [0, 0.1) is 12.8 Å². The van der Waals surface area contributed by atoms with Crippen molar-refractivity contribution in [2.75, 3.05) is 20.1 Å². The molecule has 1 unspecified atom stereocenters. The lowest BCUT2D eigenvalue weighted by Crippen LogP contribution is -2.32. The van der Waals surface area contributed by atoms with Crippen molar-refractivity contribution in [1.29, 1.82) is 0 Å². The molecule has 1 atom stereocenters. The second-order valence-electron chi connectivity index (χ2n) is 5.74. The van der Waals surface area contributed by atoms with Crippen LogP contribution in [0.1, 0.15) is 42.1 Å². The van der Waals surface area contributed by atoms with E-state index in [4.69, 9.17) is 16.7 Å².